The van der Waals surface area contributed by atoms with Crippen LogP contribution in [0.4, 0.5) is 0 Å². The fourth-order valence-electron chi connectivity index (χ4n) is 2.63. The molecule has 0 atom stereocenters. The van der Waals surface area contributed by atoms with Crippen LogP contribution < -0.4 is 5.32 Å². The van der Waals surface area contributed by atoms with Crippen LogP contribution in [0, 0.1) is 0 Å². The van der Waals surface area contributed by atoms with Gasteiger partial charge in [0.05, 0.1) is 12.1 Å². The molecule has 3 aromatic rings. The van der Waals surface area contributed by atoms with Crippen molar-refractivity contribution in [3.63, 3.8) is 0 Å². The van der Waals surface area contributed by atoms with Crippen LogP contribution in [-0.4, -0.2) is 37.2 Å². The van der Waals surface area contributed by atoms with Crippen molar-refractivity contribution in [3.05, 3.63) is 71.4 Å². The summed E-state index contributed by atoms with van der Waals surface area (Å²) in [5, 5.41) is 3.95. The van der Waals surface area contributed by atoms with Crippen LogP contribution in [0.1, 0.15) is 5.56 Å². The number of carbonyl (C=O) groups is 1. The Kier molecular flexibility index (Phi) is 5.74. The van der Waals surface area contributed by atoms with E-state index in [4.69, 9.17) is 11.6 Å². The van der Waals surface area contributed by atoms with Gasteiger partial charge in [0.2, 0.25) is 15.9 Å². The number of halogens is 1. The van der Waals surface area contributed by atoms with Gasteiger partial charge < -0.3 is 5.32 Å². The lowest BCUT2D eigenvalue weighted by atomic mass is 10.2. The second-order valence-corrected chi connectivity index (χ2v) is 8.38. The van der Waals surface area contributed by atoms with Crippen molar-refractivity contribution in [1.82, 2.24) is 14.6 Å². The zero-order chi connectivity index (χ0) is 19.4. The lowest BCUT2D eigenvalue weighted by Gasteiger charge is -2.18. The molecular formula is C19H18ClN3O3S. The monoisotopic (exact) mass is 403 g/mol. The molecule has 1 N–H and O–H groups in total. The number of aromatic nitrogens is 1. The fourth-order valence-corrected chi connectivity index (χ4v) is 4.12. The molecule has 1 amide bonds. The van der Waals surface area contributed by atoms with Gasteiger partial charge in [0.15, 0.2) is 0 Å². The molecule has 0 radical (unpaired) electrons. The van der Waals surface area contributed by atoms with E-state index in [1.54, 1.807) is 42.5 Å². The van der Waals surface area contributed by atoms with Gasteiger partial charge in [0.1, 0.15) is 4.90 Å². The number of hydrogen-bond donors (Lipinski definition) is 1. The molecule has 0 bridgehead atoms. The highest BCUT2D eigenvalue weighted by Gasteiger charge is 2.25. The quantitative estimate of drug-likeness (QED) is 0.686. The number of likely N-dealkylation sites (N-methyl/N-ethyl adjacent to an activating group) is 1. The van der Waals surface area contributed by atoms with E-state index in [-0.39, 0.29) is 18.0 Å². The van der Waals surface area contributed by atoms with E-state index < -0.39 is 15.9 Å². The molecule has 140 valence electrons. The van der Waals surface area contributed by atoms with Crippen LogP contribution in [0.15, 0.2) is 65.7 Å². The van der Waals surface area contributed by atoms with Gasteiger partial charge in [0, 0.05) is 30.2 Å². The molecule has 1 aromatic heterocycles. The summed E-state index contributed by atoms with van der Waals surface area (Å²) in [7, 11) is -2.50. The Balaban J connectivity index is 1.73. The average molecular weight is 404 g/mol. The number of nitrogens with zero attached hydrogens (tertiary/aromatic N) is 2. The summed E-state index contributed by atoms with van der Waals surface area (Å²) < 4.78 is 26.8. The average Bonchev–Trinajstić information content (AvgIpc) is 2.66. The number of rotatable bonds is 6. The second kappa shape index (κ2) is 8.04. The number of nitrogens with one attached hydrogen (secondary N) is 1. The molecule has 0 spiro atoms. The number of benzene rings is 2. The van der Waals surface area contributed by atoms with Crippen molar-refractivity contribution in [1.29, 1.82) is 0 Å². The minimum atomic E-state index is -3.87. The summed E-state index contributed by atoms with van der Waals surface area (Å²) in [4.78, 5) is 16.4. The van der Waals surface area contributed by atoms with E-state index in [1.165, 1.54) is 19.3 Å². The number of amides is 1. The smallest absolute Gasteiger partial charge is 0.245 e. The maximum absolute atomic E-state index is 12.9. The predicted molar refractivity (Wildman–Crippen MR) is 105 cm³/mol. The first kappa shape index (κ1) is 19.3. The number of sulfonamides is 1. The lowest BCUT2D eigenvalue weighted by Crippen LogP contribution is -2.38. The zero-order valence-electron chi connectivity index (χ0n) is 14.6. The first-order chi connectivity index (χ1) is 12.9. The Bertz CT molecular complexity index is 1080. The fraction of sp³-hybridized carbons (Fsp3) is 0.158. The SMILES string of the molecule is CN(CC(=O)NCc1ccccc1Cl)S(=O)(=O)c1cccc2cccnc12. The summed E-state index contributed by atoms with van der Waals surface area (Å²) in [6.45, 7) is -0.0851. The number of para-hydroxylation sites is 1. The van der Waals surface area contributed by atoms with E-state index >= 15 is 0 Å². The first-order valence-corrected chi connectivity index (χ1v) is 10.0. The van der Waals surface area contributed by atoms with Gasteiger partial charge in [-0.1, -0.05) is 48.0 Å². The predicted octanol–water partition coefficient (Wildman–Crippen LogP) is 2.83. The Morgan fingerprint density at radius 1 is 1.11 bits per heavy atom. The van der Waals surface area contributed by atoms with E-state index in [1.807, 2.05) is 6.07 Å². The highest BCUT2D eigenvalue weighted by atomic mass is 35.5. The molecule has 27 heavy (non-hydrogen) atoms. The Labute approximate surface area is 162 Å². The topological polar surface area (TPSA) is 79.4 Å². The molecule has 0 unspecified atom stereocenters. The van der Waals surface area contributed by atoms with E-state index in [2.05, 4.69) is 10.3 Å². The molecule has 0 saturated carbocycles. The molecule has 6 nitrogen and oxygen atoms in total. The van der Waals surface area contributed by atoms with Gasteiger partial charge in [-0.2, -0.15) is 4.31 Å². The van der Waals surface area contributed by atoms with E-state index in [9.17, 15) is 13.2 Å². The van der Waals surface area contributed by atoms with Gasteiger partial charge in [-0.3, -0.25) is 9.78 Å². The molecule has 0 fully saturated rings. The molecule has 3 rings (SSSR count). The number of fused-ring (bicyclic) bond motifs is 1. The number of carbonyl (C=O) groups excluding carboxylic acids is 1. The van der Waals surface area contributed by atoms with Crippen LogP contribution in [0.25, 0.3) is 10.9 Å². The maximum Gasteiger partial charge on any atom is 0.245 e. The minimum absolute atomic E-state index is 0.0713. The summed E-state index contributed by atoms with van der Waals surface area (Å²) >= 11 is 6.06. The summed E-state index contributed by atoms with van der Waals surface area (Å²) in [6.07, 6.45) is 1.54. The second-order valence-electron chi connectivity index (χ2n) is 5.96. The molecule has 8 heteroatoms. The molecule has 2 aromatic carbocycles. The van der Waals surface area contributed by atoms with Crippen molar-refractivity contribution < 1.29 is 13.2 Å². The van der Waals surface area contributed by atoms with Crippen molar-refractivity contribution >= 4 is 38.4 Å². The molecule has 0 aliphatic heterocycles. The van der Waals surface area contributed by atoms with Crippen molar-refractivity contribution in [2.75, 3.05) is 13.6 Å². The first-order valence-electron chi connectivity index (χ1n) is 8.20. The third-order valence-electron chi connectivity index (χ3n) is 4.08. The number of pyridine rings is 1. The van der Waals surface area contributed by atoms with Crippen molar-refractivity contribution in [3.8, 4) is 0 Å². The van der Waals surface area contributed by atoms with E-state index in [0.29, 0.717) is 10.5 Å². The third-order valence-corrected chi connectivity index (χ3v) is 6.29. The zero-order valence-corrected chi connectivity index (χ0v) is 16.2. The molecule has 0 aliphatic rings. The van der Waals surface area contributed by atoms with Crippen LogP contribution in [0.2, 0.25) is 5.02 Å². The lowest BCUT2D eigenvalue weighted by molar-refractivity contribution is -0.121. The minimum Gasteiger partial charge on any atom is -0.351 e. The third kappa shape index (κ3) is 4.27. The number of hydrogen-bond acceptors (Lipinski definition) is 4. The normalized spacial score (nSPS) is 11.7. The van der Waals surface area contributed by atoms with Gasteiger partial charge in [-0.15, -0.1) is 0 Å². The summed E-state index contributed by atoms with van der Waals surface area (Å²) in [5.41, 5.74) is 1.14. The van der Waals surface area contributed by atoms with Gasteiger partial charge in [-0.05, 0) is 23.8 Å². The van der Waals surface area contributed by atoms with Gasteiger partial charge >= 0.3 is 0 Å². The van der Waals surface area contributed by atoms with Crippen LogP contribution in [0.5, 0.6) is 0 Å². The van der Waals surface area contributed by atoms with Crippen LogP contribution in [0.3, 0.4) is 0 Å². The van der Waals surface area contributed by atoms with Crippen molar-refractivity contribution in [2.45, 2.75) is 11.4 Å². The Hall–Kier alpha value is -2.48. The standard InChI is InChI=1S/C19H18ClN3O3S/c1-23(13-18(24)22-12-15-6-2-3-9-16(15)20)27(25,26)17-10-4-7-14-8-5-11-21-19(14)17/h2-11H,12-13H2,1H3,(H,22,24). The van der Waals surface area contributed by atoms with Crippen molar-refractivity contribution in [2.24, 2.45) is 0 Å². The summed E-state index contributed by atoms with van der Waals surface area (Å²) in [5.74, 6) is -0.422. The Morgan fingerprint density at radius 3 is 2.63 bits per heavy atom. The largest absolute Gasteiger partial charge is 0.351 e. The highest BCUT2D eigenvalue weighted by molar-refractivity contribution is 7.89. The molecule has 1 heterocycles. The Morgan fingerprint density at radius 2 is 1.85 bits per heavy atom. The van der Waals surface area contributed by atoms with Gasteiger partial charge in [0.25, 0.3) is 0 Å². The van der Waals surface area contributed by atoms with E-state index in [0.717, 1.165) is 15.3 Å². The van der Waals surface area contributed by atoms with Crippen LogP contribution >= 0.6 is 11.6 Å². The maximum atomic E-state index is 12.9. The molecule has 0 aliphatic carbocycles. The molecular weight excluding hydrogens is 386 g/mol. The van der Waals surface area contributed by atoms with Gasteiger partial charge in [-0.25, -0.2) is 8.42 Å². The summed E-state index contributed by atoms with van der Waals surface area (Å²) in [6, 6.07) is 15.6. The molecule has 0 saturated heterocycles. The highest BCUT2D eigenvalue weighted by Crippen LogP contribution is 2.23. The van der Waals surface area contributed by atoms with Crippen LogP contribution in [-0.2, 0) is 21.4 Å².